The molecular weight excluding hydrogens is 644 g/mol. The van der Waals surface area contributed by atoms with Gasteiger partial charge in [0, 0.05) is 23.2 Å². The van der Waals surface area contributed by atoms with Crippen molar-refractivity contribution in [3.63, 3.8) is 0 Å². The lowest BCUT2D eigenvalue weighted by atomic mass is 10.0. The first-order valence-electron chi connectivity index (χ1n) is 17.1. The van der Waals surface area contributed by atoms with E-state index in [1.807, 2.05) is 0 Å². The fourth-order valence-corrected chi connectivity index (χ4v) is 6.82. The van der Waals surface area contributed by atoms with Crippen LogP contribution in [-0.4, -0.2) is 94.1 Å². The summed E-state index contributed by atoms with van der Waals surface area (Å²) in [5.74, 6) is -1.49. The Morgan fingerprint density at radius 1 is 0.560 bits per heavy atom. The zero-order valence-electron chi connectivity index (χ0n) is 29.3. The number of ether oxygens (including phenoxy) is 4. The van der Waals surface area contributed by atoms with Gasteiger partial charge < -0.3 is 18.9 Å². The molecule has 3 unspecified atom stereocenters. The van der Waals surface area contributed by atoms with Crippen molar-refractivity contribution < 1.29 is 47.7 Å². The molecule has 12 heteroatoms. The maximum atomic E-state index is 12.9. The van der Waals surface area contributed by atoms with E-state index in [2.05, 4.69) is 0 Å². The van der Waals surface area contributed by atoms with Crippen molar-refractivity contribution in [2.45, 2.75) is 103 Å². The van der Waals surface area contributed by atoms with Gasteiger partial charge in [-0.2, -0.15) is 0 Å². The molecule has 2 aliphatic heterocycles. The van der Waals surface area contributed by atoms with Crippen LogP contribution in [0, 0.1) is 11.8 Å². The lowest BCUT2D eigenvalue weighted by Gasteiger charge is -2.29. The highest BCUT2D eigenvalue weighted by Crippen LogP contribution is 2.49. The van der Waals surface area contributed by atoms with Crippen molar-refractivity contribution in [2.24, 2.45) is 11.8 Å². The zero-order valence-corrected chi connectivity index (χ0v) is 29.3. The second-order valence-corrected chi connectivity index (χ2v) is 15.6. The first kappa shape index (κ1) is 35.1. The lowest BCUT2D eigenvalue weighted by Crippen LogP contribution is -2.46. The van der Waals surface area contributed by atoms with Gasteiger partial charge in [0.05, 0.1) is 0 Å². The molecule has 4 aliphatic rings. The third-order valence-electron chi connectivity index (χ3n) is 9.40. The van der Waals surface area contributed by atoms with Crippen molar-refractivity contribution >= 4 is 35.7 Å². The number of piperidine rings is 2. The quantitative estimate of drug-likeness (QED) is 0.185. The van der Waals surface area contributed by atoms with Crippen LogP contribution in [0.5, 0.6) is 0 Å². The summed E-state index contributed by atoms with van der Waals surface area (Å²) >= 11 is 0. The van der Waals surface area contributed by atoms with Gasteiger partial charge in [0.25, 0.3) is 0 Å². The third kappa shape index (κ3) is 7.84. The highest BCUT2D eigenvalue weighted by Gasteiger charge is 2.58. The summed E-state index contributed by atoms with van der Waals surface area (Å²) in [6, 6.07) is 12.0. The molecule has 50 heavy (non-hydrogen) atoms. The van der Waals surface area contributed by atoms with Crippen LogP contribution in [0.4, 0.5) is 9.59 Å². The van der Waals surface area contributed by atoms with E-state index in [1.165, 1.54) is 9.80 Å². The average Bonchev–Trinajstić information content (AvgIpc) is 3.92. The van der Waals surface area contributed by atoms with E-state index in [9.17, 15) is 28.8 Å². The largest absolute Gasteiger partial charge is 0.456 e. The molecule has 4 fully saturated rings. The maximum absolute atomic E-state index is 12.9. The van der Waals surface area contributed by atoms with E-state index in [4.69, 9.17) is 18.9 Å². The van der Waals surface area contributed by atoms with E-state index in [1.54, 1.807) is 90.1 Å². The van der Waals surface area contributed by atoms with Crippen LogP contribution < -0.4 is 0 Å². The number of fused-ring (bicyclic) bond motifs is 2. The Labute approximate surface area is 291 Å². The van der Waals surface area contributed by atoms with Crippen LogP contribution in [0.2, 0.25) is 0 Å². The predicted molar refractivity (Wildman–Crippen MR) is 179 cm³/mol. The molecule has 0 bridgehead atoms. The number of carbonyl (C=O) groups excluding carboxylic acids is 6. The van der Waals surface area contributed by atoms with Crippen LogP contribution >= 0.6 is 0 Å². The number of amides is 2. The van der Waals surface area contributed by atoms with Crippen LogP contribution in [0.15, 0.2) is 48.5 Å². The number of ketones is 2. The summed E-state index contributed by atoms with van der Waals surface area (Å²) in [5.41, 5.74) is 0.924. The molecule has 266 valence electrons. The topological polar surface area (TPSA) is 146 Å². The molecule has 12 nitrogen and oxygen atoms in total. The van der Waals surface area contributed by atoms with Crippen LogP contribution in [0.1, 0.15) is 87.9 Å². The Hall–Kier alpha value is -4.74. The molecular formula is C38H44N2O10. The highest BCUT2D eigenvalue weighted by atomic mass is 16.6. The van der Waals surface area contributed by atoms with Crippen LogP contribution in [-0.2, 0) is 28.5 Å². The molecule has 6 rings (SSSR count). The molecule has 2 aromatic carbocycles. The number of nitrogens with zero attached hydrogens (tertiary/aromatic N) is 2. The van der Waals surface area contributed by atoms with Gasteiger partial charge in [0.2, 0.25) is 0 Å². The molecule has 2 aromatic rings. The SMILES string of the molecule is CC(C)(C)OC(=O)N1C(C(=O)OCC(=O)c2ccc(-c3ccc(C(=O)COC(=O)[C@@H]4CC5C[C@H]5N4C(=O)OC(C)(C)C)cc3)cc2)C[C@H]2CC21. The number of carbonyl (C=O) groups is 6. The highest BCUT2D eigenvalue weighted by molar-refractivity contribution is 6.00. The molecule has 2 saturated carbocycles. The van der Waals surface area contributed by atoms with Gasteiger partial charge in [-0.05, 0) is 90.2 Å². The molecule has 2 saturated heterocycles. The lowest BCUT2D eigenvalue weighted by molar-refractivity contribution is -0.148. The molecule has 2 heterocycles. The van der Waals surface area contributed by atoms with E-state index in [0.717, 1.165) is 24.0 Å². The van der Waals surface area contributed by atoms with Crippen LogP contribution in [0.25, 0.3) is 11.1 Å². The van der Waals surface area contributed by atoms with Gasteiger partial charge >= 0.3 is 24.1 Å². The Kier molecular flexibility index (Phi) is 9.26. The first-order valence-corrected chi connectivity index (χ1v) is 17.1. The maximum Gasteiger partial charge on any atom is 0.411 e. The minimum atomic E-state index is -0.766. The van der Waals surface area contributed by atoms with E-state index < -0.39 is 60.6 Å². The summed E-state index contributed by atoms with van der Waals surface area (Å²) in [6.45, 7) is 9.71. The van der Waals surface area contributed by atoms with E-state index in [0.29, 0.717) is 24.0 Å². The summed E-state index contributed by atoms with van der Waals surface area (Å²) in [5, 5.41) is 0. The molecule has 0 aromatic heterocycles. The van der Waals surface area contributed by atoms with Gasteiger partial charge in [-0.3, -0.25) is 19.4 Å². The Morgan fingerprint density at radius 3 is 1.22 bits per heavy atom. The van der Waals surface area contributed by atoms with E-state index >= 15 is 0 Å². The number of esters is 2. The second kappa shape index (κ2) is 13.2. The Bertz CT molecular complexity index is 1560. The first-order chi connectivity index (χ1) is 23.5. The summed E-state index contributed by atoms with van der Waals surface area (Å²) in [7, 11) is 0. The molecule has 0 radical (unpaired) electrons. The minimum absolute atomic E-state index is 0.0268. The van der Waals surface area contributed by atoms with Gasteiger partial charge in [-0.15, -0.1) is 0 Å². The van der Waals surface area contributed by atoms with Crippen molar-refractivity contribution in [2.75, 3.05) is 13.2 Å². The monoisotopic (exact) mass is 688 g/mol. The smallest absolute Gasteiger partial charge is 0.411 e. The summed E-state index contributed by atoms with van der Waals surface area (Å²) in [4.78, 5) is 79.8. The summed E-state index contributed by atoms with van der Waals surface area (Å²) in [6.07, 6.45) is 1.57. The van der Waals surface area contributed by atoms with Gasteiger partial charge in [-0.25, -0.2) is 19.2 Å². The minimum Gasteiger partial charge on any atom is -0.456 e. The number of hydrogen-bond acceptors (Lipinski definition) is 10. The van der Waals surface area contributed by atoms with E-state index in [-0.39, 0.29) is 35.5 Å². The number of hydrogen-bond donors (Lipinski definition) is 0. The molecule has 2 amide bonds. The van der Waals surface area contributed by atoms with Gasteiger partial charge in [0.1, 0.15) is 23.3 Å². The van der Waals surface area contributed by atoms with Crippen molar-refractivity contribution in [3.8, 4) is 11.1 Å². The summed E-state index contributed by atoms with van der Waals surface area (Å²) < 4.78 is 21.7. The molecule has 6 atom stereocenters. The number of benzene rings is 2. The standard InChI is InChI=1S/C38H44N2O10/c1-37(2,3)49-35(45)39-27-15-25(27)17-29(39)33(43)47-19-31(41)23-11-7-21(8-12-23)22-9-13-24(14-10-22)32(42)20-48-34(44)30-18-26-16-28(26)40(30)36(46)50-38(4,5)6/h7-14,25-30H,15-20H2,1-6H3/t25-,26?,27?,28-,29?,30+/m1/s1. The third-order valence-corrected chi connectivity index (χ3v) is 9.40. The number of rotatable bonds is 9. The molecule has 2 aliphatic carbocycles. The molecule has 0 N–H and O–H groups in total. The molecule has 0 spiro atoms. The van der Waals surface area contributed by atoms with Crippen molar-refractivity contribution in [1.29, 1.82) is 0 Å². The fourth-order valence-electron chi connectivity index (χ4n) is 6.82. The predicted octanol–water partition coefficient (Wildman–Crippen LogP) is 5.60. The normalized spacial score (nSPS) is 24.8. The van der Waals surface area contributed by atoms with Gasteiger partial charge in [0.15, 0.2) is 24.8 Å². The number of likely N-dealkylation sites (tertiary alicyclic amines) is 2. The second-order valence-electron chi connectivity index (χ2n) is 15.6. The zero-order chi connectivity index (χ0) is 36.1. The Balaban J connectivity index is 0.979. The fraction of sp³-hybridized carbons (Fsp3) is 0.526. The van der Waals surface area contributed by atoms with Crippen molar-refractivity contribution in [1.82, 2.24) is 9.80 Å². The number of Topliss-reactive ketones (excluding diaryl/α,β-unsaturated/α-hetero) is 2. The van der Waals surface area contributed by atoms with Crippen molar-refractivity contribution in [3.05, 3.63) is 59.7 Å². The average molecular weight is 689 g/mol. The Morgan fingerprint density at radius 2 is 0.900 bits per heavy atom. The van der Waals surface area contributed by atoms with Gasteiger partial charge in [-0.1, -0.05) is 48.5 Å². The van der Waals surface area contributed by atoms with Crippen LogP contribution in [0.3, 0.4) is 0 Å².